The highest BCUT2D eigenvalue weighted by Crippen LogP contribution is 2.31. The summed E-state index contributed by atoms with van der Waals surface area (Å²) in [7, 11) is 0. The highest BCUT2D eigenvalue weighted by Gasteiger charge is 2.11. The number of aromatic nitrogens is 1. The third kappa shape index (κ3) is 3.78. The summed E-state index contributed by atoms with van der Waals surface area (Å²) in [6, 6.07) is 8.00. The number of benzene rings is 1. The lowest BCUT2D eigenvalue weighted by molar-refractivity contribution is -0.0493. The number of pyridine rings is 1. The van der Waals surface area contributed by atoms with Crippen LogP contribution in [0.3, 0.4) is 0 Å². The summed E-state index contributed by atoms with van der Waals surface area (Å²) in [5.41, 5.74) is 0.387. The van der Waals surface area contributed by atoms with E-state index < -0.39 is 6.61 Å². The van der Waals surface area contributed by atoms with Gasteiger partial charge in [-0.2, -0.15) is 8.78 Å². The van der Waals surface area contributed by atoms with Crippen molar-refractivity contribution in [2.45, 2.75) is 6.61 Å². The van der Waals surface area contributed by atoms with Gasteiger partial charge in [0.1, 0.15) is 11.6 Å². The number of para-hydroxylation sites is 2. The Morgan fingerprint density at radius 3 is 2.74 bits per heavy atom. The average Bonchev–Trinajstić information content (AvgIpc) is 2.34. The van der Waals surface area contributed by atoms with Crippen LogP contribution in [0.25, 0.3) is 0 Å². The quantitative estimate of drug-likeness (QED) is 0.857. The van der Waals surface area contributed by atoms with Crippen LogP contribution in [0, 0.1) is 0 Å². The molecule has 2 aromatic rings. The van der Waals surface area contributed by atoms with Crippen molar-refractivity contribution in [1.82, 2.24) is 4.98 Å². The van der Waals surface area contributed by atoms with Gasteiger partial charge in [-0.25, -0.2) is 4.98 Å². The van der Waals surface area contributed by atoms with Crippen molar-refractivity contribution >= 4 is 39.0 Å². The van der Waals surface area contributed by atoms with Crippen LogP contribution in [0.5, 0.6) is 5.75 Å². The van der Waals surface area contributed by atoms with E-state index in [1.165, 1.54) is 12.3 Å². The van der Waals surface area contributed by atoms with E-state index in [0.29, 0.717) is 21.0 Å². The number of nitrogens with zero attached hydrogens (tertiary/aromatic N) is 1. The van der Waals surface area contributed by atoms with Gasteiger partial charge in [0, 0.05) is 6.20 Å². The molecule has 7 heteroatoms. The first-order valence-electron chi connectivity index (χ1n) is 5.18. The first-order valence-corrected chi connectivity index (χ1v) is 6.35. The Balaban J connectivity index is 2.27. The maximum atomic E-state index is 12.3. The summed E-state index contributed by atoms with van der Waals surface area (Å²) in [5, 5.41) is 3.37. The zero-order valence-electron chi connectivity index (χ0n) is 9.41. The largest absolute Gasteiger partial charge is 0.433 e. The van der Waals surface area contributed by atoms with E-state index in [2.05, 4.69) is 31.0 Å². The number of alkyl halides is 2. The molecule has 0 aliphatic heterocycles. The number of hydrogen-bond donors (Lipinski definition) is 1. The summed E-state index contributed by atoms with van der Waals surface area (Å²) < 4.78 is 29.6. The Hall–Kier alpha value is -1.40. The third-order valence-electron chi connectivity index (χ3n) is 2.16. The molecule has 0 aliphatic rings. The molecule has 0 aliphatic carbocycles. The monoisotopic (exact) mass is 348 g/mol. The second kappa shape index (κ2) is 6.16. The summed E-state index contributed by atoms with van der Waals surface area (Å²) in [6.07, 6.45) is 1.45. The first-order chi connectivity index (χ1) is 9.06. The molecule has 0 radical (unpaired) electrons. The molecule has 100 valence electrons. The van der Waals surface area contributed by atoms with E-state index in [0.717, 1.165) is 0 Å². The van der Waals surface area contributed by atoms with E-state index in [9.17, 15) is 8.78 Å². The van der Waals surface area contributed by atoms with Gasteiger partial charge in [0.2, 0.25) is 0 Å². The van der Waals surface area contributed by atoms with Crippen LogP contribution in [0.1, 0.15) is 0 Å². The SMILES string of the molecule is FC(F)Oc1ccccc1Nc1ncc(Cl)cc1Br. The van der Waals surface area contributed by atoms with Gasteiger partial charge in [-0.1, -0.05) is 23.7 Å². The molecule has 2 rings (SSSR count). The summed E-state index contributed by atoms with van der Waals surface area (Å²) >= 11 is 9.06. The van der Waals surface area contributed by atoms with Gasteiger partial charge >= 0.3 is 6.61 Å². The fraction of sp³-hybridized carbons (Fsp3) is 0.0833. The van der Waals surface area contributed by atoms with E-state index >= 15 is 0 Å². The number of anilines is 2. The minimum Gasteiger partial charge on any atom is -0.433 e. The van der Waals surface area contributed by atoms with Gasteiger partial charge in [0.25, 0.3) is 0 Å². The fourth-order valence-electron chi connectivity index (χ4n) is 1.40. The summed E-state index contributed by atoms with van der Waals surface area (Å²) in [5.74, 6) is 0.496. The second-order valence-corrected chi connectivity index (χ2v) is 4.77. The Morgan fingerprint density at radius 1 is 1.32 bits per heavy atom. The molecule has 0 saturated carbocycles. The topological polar surface area (TPSA) is 34.1 Å². The highest BCUT2D eigenvalue weighted by atomic mass is 79.9. The first kappa shape index (κ1) is 14.0. The van der Waals surface area contributed by atoms with Gasteiger partial charge in [0.05, 0.1) is 15.2 Å². The van der Waals surface area contributed by atoms with Gasteiger partial charge in [0.15, 0.2) is 0 Å². The third-order valence-corrected chi connectivity index (χ3v) is 2.98. The lowest BCUT2D eigenvalue weighted by Gasteiger charge is -2.12. The standard InChI is InChI=1S/C12H8BrClF2N2O/c13-8-5-7(14)6-17-11(8)18-9-3-1-2-4-10(9)19-12(15)16/h1-6,12H,(H,17,18). The minimum absolute atomic E-state index is 0.0427. The second-order valence-electron chi connectivity index (χ2n) is 3.48. The van der Waals surface area contributed by atoms with Gasteiger partial charge in [-0.15, -0.1) is 0 Å². The van der Waals surface area contributed by atoms with Crippen LogP contribution < -0.4 is 10.1 Å². The van der Waals surface area contributed by atoms with Crippen LogP contribution in [0.15, 0.2) is 41.0 Å². The van der Waals surface area contributed by atoms with E-state index in [4.69, 9.17) is 11.6 Å². The molecule has 3 nitrogen and oxygen atoms in total. The predicted octanol–water partition coefficient (Wildman–Crippen LogP) is 4.84. The van der Waals surface area contributed by atoms with Crippen molar-refractivity contribution in [2.75, 3.05) is 5.32 Å². The number of ether oxygens (including phenoxy) is 1. The molecular weight excluding hydrogens is 341 g/mol. The van der Waals surface area contributed by atoms with Crippen LogP contribution >= 0.6 is 27.5 Å². The zero-order valence-corrected chi connectivity index (χ0v) is 11.8. The molecule has 0 saturated heterocycles. The molecule has 0 unspecified atom stereocenters. The smallest absolute Gasteiger partial charge is 0.387 e. The van der Waals surface area contributed by atoms with E-state index in [1.54, 1.807) is 24.3 Å². The molecule has 0 spiro atoms. The molecular formula is C12H8BrClF2N2O. The number of hydrogen-bond acceptors (Lipinski definition) is 3. The highest BCUT2D eigenvalue weighted by molar-refractivity contribution is 9.10. The number of halogens is 4. The van der Waals surface area contributed by atoms with Crippen LogP contribution in [0.4, 0.5) is 20.3 Å². The van der Waals surface area contributed by atoms with Crippen LogP contribution in [0.2, 0.25) is 5.02 Å². The number of rotatable bonds is 4. The maximum absolute atomic E-state index is 12.3. The Kier molecular flexibility index (Phi) is 4.55. The Labute approximate surface area is 121 Å². The fourth-order valence-corrected chi connectivity index (χ4v) is 2.14. The Morgan fingerprint density at radius 2 is 2.05 bits per heavy atom. The summed E-state index contributed by atoms with van der Waals surface area (Å²) in [6.45, 7) is -2.88. The molecule has 0 bridgehead atoms. The molecule has 0 amide bonds. The Bertz CT molecular complexity index is 583. The van der Waals surface area contributed by atoms with Gasteiger partial charge in [-0.05, 0) is 34.1 Å². The lowest BCUT2D eigenvalue weighted by atomic mass is 10.3. The normalized spacial score (nSPS) is 10.6. The summed E-state index contributed by atoms with van der Waals surface area (Å²) in [4.78, 5) is 4.06. The van der Waals surface area contributed by atoms with Crippen molar-refractivity contribution in [1.29, 1.82) is 0 Å². The van der Waals surface area contributed by atoms with Crippen LogP contribution in [-0.4, -0.2) is 11.6 Å². The molecule has 19 heavy (non-hydrogen) atoms. The predicted molar refractivity (Wildman–Crippen MR) is 73.3 cm³/mol. The molecule has 1 N–H and O–H groups in total. The van der Waals surface area contributed by atoms with Crippen LogP contribution in [-0.2, 0) is 0 Å². The van der Waals surface area contributed by atoms with E-state index in [-0.39, 0.29) is 5.75 Å². The van der Waals surface area contributed by atoms with Crippen molar-refractivity contribution < 1.29 is 13.5 Å². The van der Waals surface area contributed by atoms with Crippen molar-refractivity contribution in [3.05, 3.63) is 46.0 Å². The van der Waals surface area contributed by atoms with E-state index in [1.807, 2.05) is 0 Å². The average molecular weight is 350 g/mol. The maximum Gasteiger partial charge on any atom is 0.387 e. The molecule has 1 aromatic carbocycles. The minimum atomic E-state index is -2.88. The molecule has 1 heterocycles. The van der Waals surface area contributed by atoms with Crippen molar-refractivity contribution in [3.63, 3.8) is 0 Å². The van der Waals surface area contributed by atoms with Gasteiger partial charge in [-0.3, -0.25) is 0 Å². The van der Waals surface area contributed by atoms with Crippen molar-refractivity contribution in [2.24, 2.45) is 0 Å². The molecule has 0 fully saturated rings. The zero-order chi connectivity index (χ0) is 13.8. The molecule has 1 aromatic heterocycles. The van der Waals surface area contributed by atoms with Crippen molar-refractivity contribution in [3.8, 4) is 5.75 Å². The molecule has 0 atom stereocenters. The lowest BCUT2D eigenvalue weighted by Crippen LogP contribution is -2.05. The van der Waals surface area contributed by atoms with Gasteiger partial charge < -0.3 is 10.1 Å². The number of nitrogens with one attached hydrogen (secondary N) is 1.